The Bertz CT molecular complexity index is 1090. The van der Waals surface area contributed by atoms with Gasteiger partial charge >= 0.3 is 0 Å². The number of likely N-dealkylation sites (N-methyl/N-ethyl adjacent to an activating group) is 1. The van der Waals surface area contributed by atoms with Crippen LogP contribution < -0.4 is 0 Å². The molecule has 0 spiro atoms. The summed E-state index contributed by atoms with van der Waals surface area (Å²) in [5.41, 5.74) is 4.80. The highest BCUT2D eigenvalue weighted by Crippen LogP contribution is 2.33. The van der Waals surface area contributed by atoms with Crippen LogP contribution in [0.5, 0.6) is 0 Å². The van der Waals surface area contributed by atoms with E-state index in [1.807, 2.05) is 104 Å². The van der Waals surface area contributed by atoms with Gasteiger partial charge in [0.25, 0.3) is 11.8 Å². The van der Waals surface area contributed by atoms with Gasteiger partial charge < -0.3 is 4.90 Å². The van der Waals surface area contributed by atoms with Gasteiger partial charge in [-0.15, -0.1) is 0 Å². The molecule has 1 aliphatic heterocycles. The van der Waals surface area contributed by atoms with Crippen molar-refractivity contribution in [3.8, 4) is 0 Å². The molecule has 1 aliphatic rings. The highest BCUT2D eigenvalue weighted by atomic mass is 16.2. The molecule has 3 aromatic carbocycles. The smallest absolute Gasteiger partial charge is 0.278 e. The SMILES string of the molecule is Cc1ccc(C2=C(N(C)Cc3ccccc3)C(=O)N(Cc3ccccc3)C2=O)cc1. The summed E-state index contributed by atoms with van der Waals surface area (Å²) >= 11 is 0. The fraction of sp³-hybridized carbons (Fsp3) is 0.154. The molecule has 0 fully saturated rings. The summed E-state index contributed by atoms with van der Waals surface area (Å²) in [6.07, 6.45) is 0. The lowest BCUT2D eigenvalue weighted by atomic mass is 10.0. The first-order chi connectivity index (χ1) is 14.5. The summed E-state index contributed by atoms with van der Waals surface area (Å²) in [7, 11) is 1.87. The average Bonchev–Trinajstić information content (AvgIpc) is 3.00. The molecule has 4 heteroatoms. The van der Waals surface area contributed by atoms with Crippen molar-refractivity contribution < 1.29 is 9.59 Å². The zero-order chi connectivity index (χ0) is 21.1. The van der Waals surface area contributed by atoms with Gasteiger partial charge in [-0.1, -0.05) is 90.5 Å². The molecule has 1 heterocycles. The number of hydrogen-bond acceptors (Lipinski definition) is 3. The summed E-state index contributed by atoms with van der Waals surface area (Å²) in [5.74, 6) is -0.500. The molecule has 0 unspecified atom stereocenters. The van der Waals surface area contributed by atoms with Gasteiger partial charge in [0, 0.05) is 13.6 Å². The fourth-order valence-corrected chi connectivity index (χ4v) is 3.74. The van der Waals surface area contributed by atoms with Crippen LogP contribution >= 0.6 is 0 Å². The van der Waals surface area contributed by atoms with Crippen molar-refractivity contribution >= 4 is 17.4 Å². The number of hydrogen-bond donors (Lipinski definition) is 0. The van der Waals surface area contributed by atoms with Crippen molar-refractivity contribution in [2.24, 2.45) is 0 Å². The van der Waals surface area contributed by atoms with E-state index in [0.717, 1.165) is 22.3 Å². The van der Waals surface area contributed by atoms with Crippen molar-refractivity contribution in [3.05, 3.63) is 113 Å². The Morgan fingerprint density at radius 1 is 0.733 bits per heavy atom. The zero-order valence-electron chi connectivity index (χ0n) is 17.2. The third-order valence-corrected chi connectivity index (χ3v) is 5.31. The number of imide groups is 1. The quantitative estimate of drug-likeness (QED) is 0.580. The van der Waals surface area contributed by atoms with Gasteiger partial charge in [0.1, 0.15) is 5.70 Å². The molecule has 2 amide bonds. The Labute approximate surface area is 177 Å². The van der Waals surface area contributed by atoms with Crippen LogP contribution in [0, 0.1) is 6.92 Å². The number of benzene rings is 3. The van der Waals surface area contributed by atoms with E-state index in [9.17, 15) is 9.59 Å². The summed E-state index contributed by atoms with van der Waals surface area (Å²) < 4.78 is 0. The lowest BCUT2D eigenvalue weighted by Crippen LogP contribution is -2.33. The second-order valence-corrected chi connectivity index (χ2v) is 7.61. The molecule has 0 aromatic heterocycles. The van der Waals surface area contributed by atoms with Crippen LogP contribution in [0.1, 0.15) is 22.3 Å². The van der Waals surface area contributed by atoms with Crippen LogP contribution in [0.4, 0.5) is 0 Å². The monoisotopic (exact) mass is 396 g/mol. The molecule has 0 radical (unpaired) electrons. The third-order valence-electron chi connectivity index (χ3n) is 5.31. The van der Waals surface area contributed by atoms with Gasteiger partial charge in [0.05, 0.1) is 12.1 Å². The first kappa shape index (κ1) is 19.6. The molecule has 0 saturated heterocycles. The second kappa shape index (κ2) is 8.37. The van der Waals surface area contributed by atoms with E-state index in [1.54, 1.807) is 0 Å². The van der Waals surface area contributed by atoms with Gasteiger partial charge in [-0.2, -0.15) is 0 Å². The molecule has 0 bridgehead atoms. The number of carbonyl (C=O) groups excluding carboxylic acids is 2. The van der Waals surface area contributed by atoms with E-state index in [4.69, 9.17) is 0 Å². The first-order valence-corrected chi connectivity index (χ1v) is 10.0. The summed E-state index contributed by atoms with van der Waals surface area (Å²) in [4.78, 5) is 30.0. The molecular formula is C26H24N2O2. The van der Waals surface area contributed by atoms with Crippen molar-refractivity contribution in [2.75, 3.05) is 7.05 Å². The van der Waals surface area contributed by atoms with Crippen molar-refractivity contribution in [3.63, 3.8) is 0 Å². The fourth-order valence-electron chi connectivity index (χ4n) is 3.74. The standard InChI is InChI=1S/C26H24N2O2/c1-19-13-15-22(16-14-19)23-24(27(2)17-20-9-5-3-6-10-20)26(30)28(25(23)29)18-21-11-7-4-8-12-21/h3-16H,17-18H2,1-2H3. The zero-order valence-corrected chi connectivity index (χ0v) is 17.2. The molecule has 4 rings (SSSR count). The Kier molecular flexibility index (Phi) is 5.48. The predicted molar refractivity (Wildman–Crippen MR) is 118 cm³/mol. The Balaban J connectivity index is 1.72. The molecular weight excluding hydrogens is 372 g/mol. The maximum absolute atomic E-state index is 13.4. The predicted octanol–water partition coefficient (Wildman–Crippen LogP) is 4.41. The van der Waals surface area contributed by atoms with Crippen molar-refractivity contribution in [1.29, 1.82) is 0 Å². The van der Waals surface area contributed by atoms with E-state index in [0.29, 0.717) is 17.8 Å². The topological polar surface area (TPSA) is 40.6 Å². The largest absolute Gasteiger partial charge is 0.365 e. The van der Waals surface area contributed by atoms with Gasteiger partial charge in [-0.3, -0.25) is 14.5 Å². The molecule has 150 valence electrons. The number of nitrogens with zero attached hydrogens (tertiary/aromatic N) is 2. The number of carbonyl (C=O) groups is 2. The van der Waals surface area contributed by atoms with E-state index >= 15 is 0 Å². The van der Waals surface area contributed by atoms with Crippen LogP contribution in [0.15, 0.2) is 90.6 Å². The molecule has 0 N–H and O–H groups in total. The average molecular weight is 396 g/mol. The maximum atomic E-state index is 13.4. The minimum atomic E-state index is -0.252. The Morgan fingerprint density at radius 3 is 1.90 bits per heavy atom. The van der Waals surface area contributed by atoms with Gasteiger partial charge in [0.2, 0.25) is 0 Å². The number of aryl methyl sites for hydroxylation is 1. The molecule has 3 aromatic rings. The summed E-state index contributed by atoms with van der Waals surface area (Å²) in [6, 6.07) is 27.3. The number of rotatable bonds is 6. The van der Waals surface area contributed by atoms with Gasteiger partial charge in [-0.25, -0.2) is 0 Å². The summed E-state index contributed by atoms with van der Waals surface area (Å²) in [6.45, 7) is 2.81. The third kappa shape index (κ3) is 3.90. The highest BCUT2D eigenvalue weighted by molar-refractivity contribution is 6.35. The second-order valence-electron chi connectivity index (χ2n) is 7.61. The number of amides is 2. The van der Waals surface area contributed by atoms with Crippen molar-refractivity contribution in [1.82, 2.24) is 9.80 Å². The lowest BCUT2D eigenvalue weighted by Gasteiger charge is -2.21. The Morgan fingerprint density at radius 2 is 1.30 bits per heavy atom. The van der Waals surface area contributed by atoms with E-state index in [2.05, 4.69) is 0 Å². The van der Waals surface area contributed by atoms with E-state index < -0.39 is 0 Å². The van der Waals surface area contributed by atoms with Crippen LogP contribution in [0.3, 0.4) is 0 Å². The normalized spacial score (nSPS) is 13.9. The highest BCUT2D eigenvalue weighted by Gasteiger charge is 2.40. The minimum absolute atomic E-state index is 0.248. The van der Waals surface area contributed by atoms with Crippen LogP contribution in [-0.4, -0.2) is 28.7 Å². The molecule has 0 atom stereocenters. The maximum Gasteiger partial charge on any atom is 0.278 e. The molecule has 4 nitrogen and oxygen atoms in total. The van der Waals surface area contributed by atoms with Gasteiger partial charge in [0.15, 0.2) is 0 Å². The lowest BCUT2D eigenvalue weighted by molar-refractivity contribution is -0.138. The molecule has 0 aliphatic carbocycles. The van der Waals surface area contributed by atoms with Gasteiger partial charge in [-0.05, 0) is 23.6 Å². The summed E-state index contributed by atoms with van der Waals surface area (Å²) in [5, 5.41) is 0. The Hall–Kier alpha value is -3.66. The van der Waals surface area contributed by atoms with Crippen LogP contribution in [0.25, 0.3) is 5.57 Å². The van der Waals surface area contributed by atoms with E-state index in [-0.39, 0.29) is 18.4 Å². The van der Waals surface area contributed by atoms with Crippen molar-refractivity contribution in [2.45, 2.75) is 20.0 Å². The first-order valence-electron chi connectivity index (χ1n) is 10.0. The minimum Gasteiger partial charge on any atom is -0.365 e. The molecule has 30 heavy (non-hydrogen) atoms. The molecule has 0 saturated carbocycles. The van der Waals surface area contributed by atoms with E-state index in [1.165, 1.54) is 4.90 Å². The van der Waals surface area contributed by atoms with Crippen LogP contribution in [0.2, 0.25) is 0 Å². The van der Waals surface area contributed by atoms with Crippen LogP contribution in [-0.2, 0) is 22.7 Å².